The van der Waals surface area contributed by atoms with Gasteiger partial charge in [0.2, 0.25) is 0 Å². The third-order valence-electron chi connectivity index (χ3n) is 2.74. The van der Waals surface area contributed by atoms with Crippen molar-refractivity contribution in [3.8, 4) is 0 Å². The van der Waals surface area contributed by atoms with Crippen LogP contribution in [0.5, 0.6) is 0 Å². The van der Waals surface area contributed by atoms with Crippen molar-refractivity contribution in [1.82, 2.24) is 0 Å². The van der Waals surface area contributed by atoms with Gasteiger partial charge in [-0.1, -0.05) is 18.2 Å². The molecule has 0 radical (unpaired) electrons. The zero-order chi connectivity index (χ0) is 13.9. The van der Waals surface area contributed by atoms with E-state index < -0.39 is 17.8 Å². The van der Waals surface area contributed by atoms with Gasteiger partial charge in [0.15, 0.2) is 0 Å². The van der Waals surface area contributed by atoms with Crippen molar-refractivity contribution in [2.75, 3.05) is 0 Å². The number of aliphatic hydroxyl groups excluding tert-OH is 1. The van der Waals surface area contributed by atoms with Crippen LogP contribution in [0.1, 0.15) is 16.9 Å². The molecular weight excluding hydrogens is 257 g/mol. The lowest BCUT2D eigenvalue weighted by atomic mass is 10.0. The molecule has 2 aromatic rings. The number of rotatable bonds is 4. The lowest BCUT2D eigenvalue weighted by Crippen LogP contribution is -2.14. The van der Waals surface area contributed by atoms with Crippen molar-refractivity contribution in [2.45, 2.75) is 25.1 Å². The molecule has 1 aromatic heterocycles. The van der Waals surface area contributed by atoms with Gasteiger partial charge in [-0.2, -0.15) is 13.2 Å². The van der Waals surface area contributed by atoms with E-state index in [1.54, 1.807) is 18.2 Å². The van der Waals surface area contributed by atoms with Crippen LogP contribution >= 0.6 is 0 Å². The van der Waals surface area contributed by atoms with E-state index in [0.29, 0.717) is 11.3 Å². The summed E-state index contributed by atoms with van der Waals surface area (Å²) in [6, 6.07) is 8.41. The summed E-state index contributed by atoms with van der Waals surface area (Å²) in [5.74, 6) is 0.611. The van der Waals surface area contributed by atoms with Crippen molar-refractivity contribution < 1.29 is 22.7 Å². The van der Waals surface area contributed by atoms with E-state index in [-0.39, 0.29) is 12.8 Å². The van der Waals surface area contributed by atoms with Crippen LogP contribution in [0.2, 0.25) is 0 Å². The summed E-state index contributed by atoms with van der Waals surface area (Å²) < 4.78 is 42.7. The Labute approximate surface area is 108 Å². The molecule has 0 spiro atoms. The van der Waals surface area contributed by atoms with Gasteiger partial charge in [0.05, 0.1) is 17.9 Å². The van der Waals surface area contributed by atoms with Gasteiger partial charge in [-0.25, -0.2) is 0 Å². The van der Waals surface area contributed by atoms with Gasteiger partial charge >= 0.3 is 6.18 Å². The van der Waals surface area contributed by atoms with E-state index in [0.717, 1.165) is 12.1 Å². The minimum Gasteiger partial charge on any atom is -0.469 e. The van der Waals surface area contributed by atoms with E-state index in [1.807, 2.05) is 0 Å². The lowest BCUT2D eigenvalue weighted by Gasteiger charge is -2.11. The first kappa shape index (κ1) is 13.7. The molecule has 1 N–H and O–H groups in total. The molecule has 19 heavy (non-hydrogen) atoms. The average Bonchev–Trinajstić information content (AvgIpc) is 2.80. The Hall–Kier alpha value is -1.75. The lowest BCUT2D eigenvalue weighted by molar-refractivity contribution is -0.137. The number of aliphatic hydroxyl groups is 1. The van der Waals surface area contributed by atoms with Crippen LogP contribution in [0.4, 0.5) is 13.2 Å². The zero-order valence-electron chi connectivity index (χ0n) is 10.0. The summed E-state index contributed by atoms with van der Waals surface area (Å²) in [7, 11) is 0. The molecule has 0 aliphatic carbocycles. The Morgan fingerprint density at radius 2 is 1.89 bits per heavy atom. The molecule has 2 nitrogen and oxygen atoms in total. The first-order chi connectivity index (χ1) is 8.95. The number of hydrogen-bond acceptors (Lipinski definition) is 2. The molecule has 0 bridgehead atoms. The summed E-state index contributed by atoms with van der Waals surface area (Å²) in [5, 5.41) is 9.83. The maximum Gasteiger partial charge on any atom is 0.416 e. The molecule has 1 atom stereocenters. The summed E-state index contributed by atoms with van der Waals surface area (Å²) in [6.45, 7) is 0. The van der Waals surface area contributed by atoms with Crippen molar-refractivity contribution in [3.05, 3.63) is 59.5 Å². The fourth-order valence-electron chi connectivity index (χ4n) is 1.88. The Kier molecular flexibility index (Phi) is 3.95. The van der Waals surface area contributed by atoms with Gasteiger partial charge in [-0.15, -0.1) is 0 Å². The van der Waals surface area contributed by atoms with Crippen LogP contribution in [0.25, 0.3) is 0 Å². The molecule has 0 saturated carbocycles. The van der Waals surface area contributed by atoms with Gasteiger partial charge in [0.1, 0.15) is 5.76 Å². The fraction of sp³-hybridized carbons (Fsp3) is 0.286. The van der Waals surface area contributed by atoms with E-state index in [4.69, 9.17) is 4.42 Å². The van der Waals surface area contributed by atoms with Gasteiger partial charge < -0.3 is 9.52 Å². The summed E-state index contributed by atoms with van der Waals surface area (Å²) in [4.78, 5) is 0. The zero-order valence-corrected chi connectivity index (χ0v) is 10.0. The second-order valence-corrected chi connectivity index (χ2v) is 4.34. The molecule has 1 aromatic carbocycles. The SMILES string of the molecule is OC(Cc1cccc(C(F)(F)F)c1)Cc1ccco1. The number of furan rings is 1. The molecule has 0 saturated heterocycles. The van der Waals surface area contributed by atoms with E-state index in [1.165, 1.54) is 12.3 Å². The second kappa shape index (κ2) is 5.48. The summed E-state index contributed by atoms with van der Waals surface area (Å²) >= 11 is 0. The largest absolute Gasteiger partial charge is 0.469 e. The predicted molar refractivity (Wildman–Crippen MR) is 63.6 cm³/mol. The molecule has 1 unspecified atom stereocenters. The van der Waals surface area contributed by atoms with Crippen LogP contribution in [-0.2, 0) is 19.0 Å². The second-order valence-electron chi connectivity index (χ2n) is 4.34. The first-order valence-corrected chi connectivity index (χ1v) is 5.82. The molecule has 0 aliphatic rings. The number of hydrogen-bond donors (Lipinski definition) is 1. The molecule has 0 amide bonds. The highest BCUT2D eigenvalue weighted by molar-refractivity contribution is 5.26. The van der Waals surface area contributed by atoms with Crippen molar-refractivity contribution in [2.24, 2.45) is 0 Å². The summed E-state index contributed by atoms with van der Waals surface area (Å²) in [5.41, 5.74) is -0.246. The number of halogens is 3. The van der Waals surface area contributed by atoms with E-state index in [2.05, 4.69) is 0 Å². The standard InChI is InChI=1S/C14H13F3O2/c15-14(16,17)11-4-1-3-10(7-11)8-12(18)9-13-5-2-6-19-13/h1-7,12,18H,8-9H2. The normalized spacial score (nSPS) is 13.5. The molecule has 0 fully saturated rings. The van der Waals surface area contributed by atoms with Crippen LogP contribution in [0.3, 0.4) is 0 Å². The maximum absolute atomic E-state index is 12.5. The Bertz CT molecular complexity index is 518. The third kappa shape index (κ3) is 3.86. The molecule has 2 rings (SSSR count). The van der Waals surface area contributed by atoms with Gasteiger partial charge in [0.25, 0.3) is 0 Å². The minimum absolute atomic E-state index is 0.157. The highest BCUT2D eigenvalue weighted by atomic mass is 19.4. The predicted octanol–water partition coefficient (Wildman–Crippen LogP) is 3.44. The quantitative estimate of drug-likeness (QED) is 0.923. The summed E-state index contributed by atoms with van der Waals surface area (Å²) in [6.07, 6.45) is -3.20. The fourth-order valence-corrected chi connectivity index (χ4v) is 1.88. The highest BCUT2D eigenvalue weighted by Gasteiger charge is 2.30. The highest BCUT2D eigenvalue weighted by Crippen LogP contribution is 2.29. The van der Waals surface area contributed by atoms with Crippen molar-refractivity contribution in [1.29, 1.82) is 0 Å². The van der Waals surface area contributed by atoms with Crippen LogP contribution in [-0.4, -0.2) is 11.2 Å². The molecule has 1 heterocycles. The van der Waals surface area contributed by atoms with E-state index >= 15 is 0 Å². The third-order valence-corrected chi connectivity index (χ3v) is 2.74. The van der Waals surface area contributed by atoms with Crippen LogP contribution < -0.4 is 0 Å². The van der Waals surface area contributed by atoms with Gasteiger partial charge in [-0.05, 0) is 30.2 Å². The molecule has 5 heteroatoms. The topological polar surface area (TPSA) is 33.4 Å². The van der Waals surface area contributed by atoms with E-state index in [9.17, 15) is 18.3 Å². The van der Waals surface area contributed by atoms with Gasteiger partial charge in [0, 0.05) is 6.42 Å². The number of benzene rings is 1. The van der Waals surface area contributed by atoms with Crippen molar-refractivity contribution >= 4 is 0 Å². The van der Waals surface area contributed by atoms with Crippen LogP contribution in [0, 0.1) is 0 Å². The molecular formula is C14H13F3O2. The monoisotopic (exact) mass is 270 g/mol. The van der Waals surface area contributed by atoms with Crippen LogP contribution in [0.15, 0.2) is 47.1 Å². The Morgan fingerprint density at radius 1 is 1.11 bits per heavy atom. The van der Waals surface area contributed by atoms with Crippen molar-refractivity contribution in [3.63, 3.8) is 0 Å². The minimum atomic E-state index is -4.36. The molecule has 0 aliphatic heterocycles. The molecule has 102 valence electrons. The Morgan fingerprint density at radius 3 is 2.53 bits per heavy atom. The number of alkyl halides is 3. The smallest absolute Gasteiger partial charge is 0.416 e. The Balaban J connectivity index is 2.03. The first-order valence-electron chi connectivity index (χ1n) is 5.82. The average molecular weight is 270 g/mol. The van der Waals surface area contributed by atoms with Gasteiger partial charge in [-0.3, -0.25) is 0 Å². The maximum atomic E-state index is 12.5.